The number of carbonyl (C=O) groups excluding carboxylic acids is 1. The molecule has 0 bridgehead atoms. The molecule has 3 N–H and O–H groups in total. The highest BCUT2D eigenvalue weighted by Crippen LogP contribution is 2.17. The van der Waals surface area contributed by atoms with Crippen molar-refractivity contribution >= 4 is 23.2 Å². The quantitative estimate of drug-likeness (QED) is 0.791. The number of rotatable bonds is 4. The minimum absolute atomic E-state index is 0.0130. The first-order valence-corrected chi connectivity index (χ1v) is 6.82. The lowest BCUT2D eigenvalue weighted by molar-refractivity contribution is -0.139. The monoisotopic (exact) mass is 305 g/mol. The van der Waals surface area contributed by atoms with Gasteiger partial charge in [0.05, 0.1) is 5.56 Å². The fourth-order valence-electron chi connectivity index (χ4n) is 1.68. The van der Waals surface area contributed by atoms with Gasteiger partial charge in [0.1, 0.15) is 5.75 Å². The van der Waals surface area contributed by atoms with Crippen LogP contribution in [0.3, 0.4) is 0 Å². The molecule has 0 saturated carbocycles. The van der Waals surface area contributed by atoms with E-state index < -0.39 is 23.3 Å². The molecule has 0 aliphatic rings. The second-order valence-electron chi connectivity index (χ2n) is 4.17. The molecule has 1 aromatic heterocycles. The highest BCUT2D eigenvalue weighted by atomic mass is 32.1. The van der Waals surface area contributed by atoms with E-state index in [4.69, 9.17) is 0 Å². The van der Waals surface area contributed by atoms with Gasteiger partial charge in [-0.15, -0.1) is 0 Å². The molecule has 1 aromatic carbocycles. The number of carboxylic acids is 1. The number of carboxylic acid groups (broad SMARTS) is 1. The number of hydrogen-bond acceptors (Lipinski definition) is 5. The van der Waals surface area contributed by atoms with Gasteiger partial charge >= 0.3 is 5.97 Å². The second-order valence-corrected chi connectivity index (χ2v) is 4.95. The van der Waals surface area contributed by atoms with Gasteiger partial charge < -0.3 is 15.5 Å². The zero-order chi connectivity index (χ0) is 15.4. The van der Waals surface area contributed by atoms with E-state index in [-0.39, 0.29) is 11.3 Å². The van der Waals surface area contributed by atoms with Crippen LogP contribution in [0.2, 0.25) is 0 Å². The predicted octanol–water partition coefficient (Wildman–Crippen LogP) is 1.37. The van der Waals surface area contributed by atoms with Crippen LogP contribution in [0.25, 0.3) is 0 Å². The van der Waals surface area contributed by atoms with Crippen molar-refractivity contribution in [3.63, 3.8) is 0 Å². The Morgan fingerprint density at radius 3 is 2.38 bits per heavy atom. The van der Waals surface area contributed by atoms with Crippen LogP contribution >= 0.6 is 11.3 Å². The maximum absolute atomic E-state index is 12.0. The van der Waals surface area contributed by atoms with E-state index in [9.17, 15) is 24.6 Å². The summed E-state index contributed by atoms with van der Waals surface area (Å²) in [4.78, 5) is 34.8. The summed E-state index contributed by atoms with van der Waals surface area (Å²) in [6, 6.07) is 5.36. The van der Waals surface area contributed by atoms with Crippen molar-refractivity contribution in [2.24, 2.45) is 0 Å². The summed E-state index contributed by atoms with van der Waals surface area (Å²) in [7, 11) is 0. The van der Waals surface area contributed by atoms with E-state index in [2.05, 4.69) is 5.32 Å². The number of aromatic hydroxyl groups is 1. The minimum atomic E-state index is -1.30. The molecule has 1 atom stereocenters. The largest absolute Gasteiger partial charge is 0.508 e. The highest BCUT2D eigenvalue weighted by molar-refractivity contribution is 7.07. The Hall–Kier alpha value is -2.67. The van der Waals surface area contributed by atoms with E-state index >= 15 is 0 Å². The molecule has 0 aliphatic carbocycles. The smallest absolute Gasteiger partial charge is 0.330 e. The Kier molecular flexibility index (Phi) is 4.34. The molecule has 0 fully saturated rings. The second kappa shape index (κ2) is 6.19. The summed E-state index contributed by atoms with van der Waals surface area (Å²) in [6.07, 6.45) is 0. The molecule has 2 rings (SSSR count). The summed E-state index contributed by atoms with van der Waals surface area (Å²) < 4.78 is 0. The van der Waals surface area contributed by atoms with Crippen LogP contribution in [-0.2, 0) is 4.79 Å². The number of phenols is 1. The van der Waals surface area contributed by atoms with Crippen LogP contribution in [0.5, 0.6) is 5.75 Å². The normalized spacial score (nSPS) is 11.6. The first kappa shape index (κ1) is 14.7. The first-order chi connectivity index (χ1) is 9.99. The summed E-state index contributed by atoms with van der Waals surface area (Å²) in [6.45, 7) is 0. The molecular weight excluding hydrogens is 294 g/mol. The third-order valence-electron chi connectivity index (χ3n) is 2.74. The van der Waals surface area contributed by atoms with E-state index in [1.165, 1.54) is 41.1 Å². The molecule has 7 heteroatoms. The van der Waals surface area contributed by atoms with Crippen LogP contribution in [0.4, 0.5) is 0 Å². The van der Waals surface area contributed by atoms with Gasteiger partial charge in [-0.05, 0) is 29.1 Å². The van der Waals surface area contributed by atoms with Gasteiger partial charge in [-0.1, -0.05) is 12.1 Å². The van der Waals surface area contributed by atoms with Crippen LogP contribution in [0, 0.1) is 0 Å². The number of aliphatic carboxylic acids is 1. The van der Waals surface area contributed by atoms with Crippen LogP contribution in [0.1, 0.15) is 22.0 Å². The molecule has 0 aliphatic heterocycles. The van der Waals surface area contributed by atoms with Gasteiger partial charge in [-0.25, -0.2) is 4.79 Å². The number of hydrogen-bond donors (Lipinski definition) is 3. The number of carbonyl (C=O) groups is 2. The fourth-order valence-corrected chi connectivity index (χ4v) is 2.32. The van der Waals surface area contributed by atoms with E-state index in [0.717, 1.165) is 11.3 Å². The van der Waals surface area contributed by atoms with Crippen LogP contribution in [-0.4, -0.2) is 22.1 Å². The SMILES string of the molecule is O=C(NC(C(=O)O)c1ccc(O)cc1)c1csccc1=O. The standard InChI is InChI=1S/C14H11NO5S/c16-9-3-1-8(2-4-9)12(14(19)20)15-13(18)10-7-21-6-5-11(10)17/h1-7,12,16H,(H,15,18)(H,19,20). The number of nitrogens with one attached hydrogen (secondary N) is 1. The Morgan fingerprint density at radius 2 is 1.81 bits per heavy atom. The van der Waals surface area contributed by atoms with Crippen molar-refractivity contribution in [1.82, 2.24) is 5.32 Å². The van der Waals surface area contributed by atoms with Crippen molar-refractivity contribution < 1.29 is 19.8 Å². The molecule has 1 unspecified atom stereocenters. The zero-order valence-electron chi connectivity index (χ0n) is 10.6. The van der Waals surface area contributed by atoms with E-state index in [1.807, 2.05) is 0 Å². The maximum atomic E-state index is 12.0. The Balaban J connectivity index is 2.27. The number of benzene rings is 1. The van der Waals surface area contributed by atoms with Crippen molar-refractivity contribution in [3.8, 4) is 5.75 Å². The van der Waals surface area contributed by atoms with Gasteiger partial charge in [0.15, 0.2) is 11.5 Å². The Labute approximate surface area is 123 Å². The van der Waals surface area contributed by atoms with Gasteiger partial charge in [-0.3, -0.25) is 9.59 Å². The van der Waals surface area contributed by atoms with Gasteiger partial charge in [0, 0.05) is 5.38 Å². The zero-order valence-corrected chi connectivity index (χ0v) is 11.5. The van der Waals surface area contributed by atoms with Gasteiger partial charge in [0.25, 0.3) is 5.91 Å². The summed E-state index contributed by atoms with van der Waals surface area (Å²) >= 11 is 1.16. The average Bonchev–Trinajstić information content (AvgIpc) is 2.46. The summed E-state index contributed by atoms with van der Waals surface area (Å²) in [5.41, 5.74) is -0.283. The molecule has 6 nitrogen and oxygen atoms in total. The molecule has 1 heterocycles. The molecule has 108 valence electrons. The summed E-state index contributed by atoms with van der Waals surface area (Å²) in [5, 5.41) is 23.6. The lowest BCUT2D eigenvalue weighted by atomic mass is 10.1. The molecule has 1 amide bonds. The third kappa shape index (κ3) is 3.46. The topological polar surface area (TPSA) is 104 Å². The van der Waals surface area contributed by atoms with E-state index in [0.29, 0.717) is 5.56 Å². The van der Waals surface area contributed by atoms with E-state index in [1.54, 1.807) is 0 Å². The lowest BCUT2D eigenvalue weighted by Crippen LogP contribution is -2.35. The Morgan fingerprint density at radius 1 is 1.14 bits per heavy atom. The average molecular weight is 305 g/mol. The molecule has 21 heavy (non-hydrogen) atoms. The number of amides is 1. The molecule has 0 radical (unpaired) electrons. The molecular formula is C14H11NO5S. The van der Waals surface area contributed by atoms with Crippen molar-refractivity contribution in [2.45, 2.75) is 6.04 Å². The number of phenolic OH excluding ortho intramolecular Hbond substituents is 1. The lowest BCUT2D eigenvalue weighted by Gasteiger charge is -2.14. The predicted molar refractivity (Wildman–Crippen MR) is 76.5 cm³/mol. The first-order valence-electron chi connectivity index (χ1n) is 5.88. The Bertz CT molecular complexity index is 723. The van der Waals surface area contributed by atoms with Crippen molar-refractivity contribution in [2.75, 3.05) is 0 Å². The maximum Gasteiger partial charge on any atom is 0.330 e. The van der Waals surface area contributed by atoms with Crippen molar-refractivity contribution in [3.05, 3.63) is 62.4 Å². The van der Waals surface area contributed by atoms with Crippen molar-refractivity contribution in [1.29, 1.82) is 0 Å². The van der Waals surface area contributed by atoms with Crippen LogP contribution in [0.15, 0.2) is 45.9 Å². The molecule has 2 aromatic rings. The third-order valence-corrected chi connectivity index (χ3v) is 3.41. The van der Waals surface area contributed by atoms with Gasteiger partial charge in [-0.2, -0.15) is 11.3 Å². The fraction of sp³-hybridized carbons (Fsp3) is 0.0714. The molecule has 0 saturated heterocycles. The highest BCUT2D eigenvalue weighted by Gasteiger charge is 2.23. The summed E-state index contributed by atoms with van der Waals surface area (Å²) in [5.74, 6) is -2.03. The minimum Gasteiger partial charge on any atom is -0.508 e. The van der Waals surface area contributed by atoms with Crippen LogP contribution < -0.4 is 10.7 Å². The van der Waals surface area contributed by atoms with Gasteiger partial charge in [0.2, 0.25) is 0 Å². The molecule has 0 spiro atoms.